The second-order valence-corrected chi connectivity index (χ2v) is 6.15. The normalized spacial score (nSPS) is 10.8. The van der Waals surface area contributed by atoms with Crippen LogP contribution in [0, 0.1) is 0 Å². The van der Waals surface area contributed by atoms with Crippen LogP contribution in [0.25, 0.3) is 10.9 Å². The number of ether oxygens (including phenoxy) is 1. The van der Waals surface area contributed by atoms with Crippen molar-refractivity contribution in [3.05, 3.63) is 70.4 Å². The van der Waals surface area contributed by atoms with Crippen molar-refractivity contribution in [3.63, 3.8) is 0 Å². The Hall–Kier alpha value is -2.59. The molecule has 4 nitrogen and oxygen atoms in total. The van der Waals surface area contributed by atoms with Crippen molar-refractivity contribution in [1.29, 1.82) is 0 Å². The molecule has 3 rings (SSSR count). The topological polar surface area (TPSA) is 48.3 Å². The Kier molecular flexibility index (Phi) is 4.91. The number of aromatic nitrogens is 1. The van der Waals surface area contributed by atoms with Gasteiger partial charge in [0.1, 0.15) is 0 Å². The molecule has 0 aliphatic rings. The number of para-hydroxylation sites is 1. The van der Waals surface area contributed by atoms with E-state index in [4.69, 9.17) is 16.3 Å². The molecule has 2 aromatic carbocycles. The van der Waals surface area contributed by atoms with E-state index in [0.29, 0.717) is 28.5 Å². The van der Waals surface area contributed by atoms with Crippen molar-refractivity contribution in [3.8, 4) is 0 Å². The summed E-state index contributed by atoms with van der Waals surface area (Å²) in [5.74, 6) is -0.480. The van der Waals surface area contributed by atoms with Gasteiger partial charge in [-0.1, -0.05) is 29.8 Å². The molecule has 0 amide bonds. The molecule has 1 aromatic heterocycles. The van der Waals surface area contributed by atoms with Gasteiger partial charge in [-0.25, -0.2) is 0 Å². The average molecular weight is 356 g/mol. The van der Waals surface area contributed by atoms with Crippen molar-refractivity contribution in [1.82, 2.24) is 4.57 Å². The standard InChI is InChI=1S/C20H18ClNO3/c1-3-25-18(23)12-17-19(15-6-4-5-7-16(15)22(17)2)20(24)13-8-10-14(21)11-9-13/h4-11H,3,12H2,1-2H3. The first-order valence-corrected chi connectivity index (χ1v) is 8.43. The molecule has 0 saturated heterocycles. The van der Waals surface area contributed by atoms with Crippen LogP contribution in [0.15, 0.2) is 48.5 Å². The summed E-state index contributed by atoms with van der Waals surface area (Å²) in [5, 5.41) is 1.39. The molecular formula is C20H18ClNO3. The summed E-state index contributed by atoms with van der Waals surface area (Å²) in [6.45, 7) is 2.07. The van der Waals surface area contributed by atoms with E-state index in [9.17, 15) is 9.59 Å². The second-order valence-electron chi connectivity index (χ2n) is 5.72. The molecule has 0 saturated carbocycles. The number of ketones is 1. The molecule has 1 heterocycles. The molecule has 0 aliphatic carbocycles. The Bertz CT molecular complexity index is 941. The van der Waals surface area contributed by atoms with Crippen LogP contribution < -0.4 is 0 Å². The van der Waals surface area contributed by atoms with Crippen LogP contribution >= 0.6 is 11.6 Å². The van der Waals surface area contributed by atoms with Gasteiger partial charge in [-0.05, 0) is 37.3 Å². The van der Waals surface area contributed by atoms with Gasteiger partial charge in [0.2, 0.25) is 0 Å². The zero-order valence-corrected chi connectivity index (χ0v) is 14.8. The third-order valence-electron chi connectivity index (χ3n) is 4.18. The van der Waals surface area contributed by atoms with Crippen LogP contribution in [-0.4, -0.2) is 22.9 Å². The quantitative estimate of drug-likeness (QED) is 0.510. The van der Waals surface area contributed by atoms with Crippen LogP contribution in [0.1, 0.15) is 28.5 Å². The number of hydrogen-bond donors (Lipinski definition) is 0. The maximum Gasteiger partial charge on any atom is 0.311 e. The fraction of sp³-hybridized carbons (Fsp3) is 0.200. The minimum absolute atomic E-state index is 0.0493. The van der Waals surface area contributed by atoms with Crippen molar-refractivity contribution < 1.29 is 14.3 Å². The van der Waals surface area contributed by atoms with Crippen molar-refractivity contribution in [2.45, 2.75) is 13.3 Å². The first-order valence-electron chi connectivity index (χ1n) is 8.05. The molecule has 128 valence electrons. The van der Waals surface area contributed by atoms with Crippen LogP contribution in [0.4, 0.5) is 0 Å². The van der Waals surface area contributed by atoms with Crippen LogP contribution in [-0.2, 0) is 23.0 Å². The SMILES string of the molecule is CCOC(=O)Cc1c(C(=O)c2ccc(Cl)cc2)c2ccccc2n1C. The Labute approximate surface area is 151 Å². The molecule has 0 N–H and O–H groups in total. The van der Waals surface area contributed by atoms with E-state index in [2.05, 4.69) is 0 Å². The Morgan fingerprint density at radius 3 is 2.44 bits per heavy atom. The highest BCUT2D eigenvalue weighted by Gasteiger charge is 2.24. The predicted octanol–water partition coefficient (Wildman–Crippen LogP) is 4.17. The number of fused-ring (bicyclic) bond motifs is 1. The third kappa shape index (κ3) is 3.30. The number of halogens is 1. The highest BCUT2D eigenvalue weighted by Crippen LogP contribution is 2.28. The Morgan fingerprint density at radius 1 is 1.08 bits per heavy atom. The number of hydrogen-bond acceptors (Lipinski definition) is 3. The summed E-state index contributed by atoms with van der Waals surface area (Å²) in [5.41, 5.74) is 2.62. The van der Waals surface area contributed by atoms with Gasteiger partial charge in [0, 0.05) is 34.2 Å². The first-order chi connectivity index (χ1) is 12.0. The minimum Gasteiger partial charge on any atom is -0.466 e. The predicted molar refractivity (Wildman–Crippen MR) is 98.1 cm³/mol. The van der Waals surface area contributed by atoms with Gasteiger partial charge in [-0.2, -0.15) is 0 Å². The lowest BCUT2D eigenvalue weighted by atomic mass is 9.99. The summed E-state index contributed by atoms with van der Waals surface area (Å²) in [6.07, 6.45) is 0.0493. The Balaban J connectivity index is 2.16. The van der Waals surface area contributed by atoms with Crippen molar-refractivity contribution in [2.75, 3.05) is 6.61 Å². The fourth-order valence-electron chi connectivity index (χ4n) is 3.00. The van der Waals surface area contributed by atoms with Crippen molar-refractivity contribution in [2.24, 2.45) is 7.05 Å². The number of esters is 1. The maximum absolute atomic E-state index is 13.1. The summed E-state index contributed by atoms with van der Waals surface area (Å²) in [6, 6.07) is 14.4. The van der Waals surface area contributed by atoms with Crippen LogP contribution in [0.2, 0.25) is 5.02 Å². The number of carbonyl (C=O) groups excluding carboxylic acids is 2. The van der Waals surface area contributed by atoms with E-state index in [-0.39, 0.29) is 18.2 Å². The van der Waals surface area contributed by atoms with Gasteiger partial charge in [0.05, 0.1) is 18.6 Å². The molecule has 0 bridgehead atoms. The lowest BCUT2D eigenvalue weighted by molar-refractivity contribution is -0.142. The van der Waals surface area contributed by atoms with Gasteiger partial charge in [-0.3, -0.25) is 9.59 Å². The highest BCUT2D eigenvalue weighted by molar-refractivity contribution is 6.30. The Morgan fingerprint density at radius 2 is 1.76 bits per heavy atom. The number of nitrogens with zero attached hydrogens (tertiary/aromatic N) is 1. The number of rotatable bonds is 5. The van der Waals surface area contributed by atoms with E-state index in [1.165, 1.54) is 0 Å². The summed E-state index contributed by atoms with van der Waals surface area (Å²) >= 11 is 5.92. The molecule has 5 heteroatoms. The van der Waals surface area contributed by atoms with Gasteiger partial charge in [0.15, 0.2) is 5.78 Å². The van der Waals surface area contributed by atoms with E-state index < -0.39 is 0 Å². The van der Waals surface area contributed by atoms with E-state index in [1.807, 2.05) is 35.9 Å². The molecule has 0 spiro atoms. The summed E-state index contributed by atoms with van der Waals surface area (Å²) < 4.78 is 6.96. The molecule has 3 aromatic rings. The molecule has 0 radical (unpaired) electrons. The third-order valence-corrected chi connectivity index (χ3v) is 4.43. The molecule has 0 fully saturated rings. The highest BCUT2D eigenvalue weighted by atomic mass is 35.5. The molecular weight excluding hydrogens is 338 g/mol. The summed E-state index contributed by atoms with van der Waals surface area (Å²) in [7, 11) is 1.86. The number of aryl methyl sites for hydroxylation is 1. The van der Waals surface area contributed by atoms with Gasteiger partial charge in [-0.15, -0.1) is 0 Å². The lowest BCUT2D eigenvalue weighted by Gasteiger charge is -2.08. The second kappa shape index (κ2) is 7.11. The molecule has 0 atom stereocenters. The maximum atomic E-state index is 13.1. The first kappa shape index (κ1) is 17.2. The zero-order chi connectivity index (χ0) is 18.0. The summed E-state index contributed by atoms with van der Waals surface area (Å²) in [4.78, 5) is 25.2. The largest absolute Gasteiger partial charge is 0.466 e. The monoisotopic (exact) mass is 355 g/mol. The van der Waals surface area contributed by atoms with E-state index >= 15 is 0 Å². The van der Waals surface area contributed by atoms with Gasteiger partial charge in [0.25, 0.3) is 0 Å². The molecule has 25 heavy (non-hydrogen) atoms. The van der Waals surface area contributed by atoms with Crippen LogP contribution in [0.3, 0.4) is 0 Å². The number of carbonyl (C=O) groups is 2. The van der Waals surface area contributed by atoms with Gasteiger partial charge < -0.3 is 9.30 Å². The number of benzene rings is 2. The van der Waals surface area contributed by atoms with Crippen LogP contribution in [0.5, 0.6) is 0 Å². The fourth-order valence-corrected chi connectivity index (χ4v) is 3.13. The smallest absolute Gasteiger partial charge is 0.311 e. The van der Waals surface area contributed by atoms with E-state index in [0.717, 1.165) is 10.9 Å². The minimum atomic E-state index is -0.349. The lowest BCUT2D eigenvalue weighted by Crippen LogP contribution is -2.14. The van der Waals surface area contributed by atoms with Crippen molar-refractivity contribution >= 4 is 34.3 Å². The van der Waals surface area contributed by atoms with E-state index in [1.54, 1.807) is 31.2 Å². The average Bonchev–Trinajstić information content (AvgIpc) is 2.88. The molecule has 0 aliphatic heterocycles. The molecule has 0 unspecified atom stereocenters. The van der Waals surface area contributed by atoms with Gasteiger partial charge >= 0.3 is 5.97 Å². The zero-order valence-electron chi connectivity index (χ0n) is 14.1.